The van der Waals surface area contributed by atoms with Crippen molar-refractivity contribution in [2.75, 3.05) is 17.2 Å². The third kappa shape index (κ3) is 3.40. The van der Waals surface area contributed by atoms with E-state index >= 15 is 0 Å². The van der Waals surface area contributed by atoms with Gasteiger partial charge in [-0.15, -0.1) is 0 Å². The molecule has 28 heavy (non-hydrogen) atoms. The Balaban J connectivity index is 1.54. The number of rotatable bonds is 2. The summed E-state index contributed by atoms with van der Waals surface area (Å²) in [4.78, 5) is 26.4. The molecule has 0 bridgehead atoms. The summed E-state index contributed by atoms with van der Waals surface area (Å²) in [5.41, 5.74) is 1.58. The van der Waals surface area contributed by atoms with Crippen LogP contribution in [0.3, 0.4) is 0 Å². The zero-order chi connectivity index (χ0) is 19.8. The van der Waals surface area contributed by atoms with Gasteiger partial charge in [0.05, 0.1) is 11.7 Å². The average molecular weight is 383 g/mol. The molecule has 6 nitrogen and oxygen atoms in total. The van der Waals surface area contributed by atoms with Gasteiger partial charge < -0.3 is 20.3 Å². The molecule has 0 unspecified atom stereocenters. The molecule has 2 aromatic rings. The predicted molar refractivity (Wildman–Crippen MR) is 104 cm³/mol. The predicted octanol–water partition coefficient (Wildman–Crippen LogP) is 4.16. The van der Waals surface area contributed by atoms with Crippen LogP contribution < -0.4 is 15.4 Å². The Morgan fingerprint density at radius 1 is 1.25 bits per heavy atom. The Morgan fingerprint density at radius 2 is 2.04 bits per heavy atom. The molecule has 0 aliphatic carbocycles. The Hall–Kier alpha value is -3.09. The number of nitrogens with one attached hydrogen (secondary N) is 2. The minimum atomic E-state index is -0.555. The first-order valence-corrected chi connectivity index (χ1v) is 9.36. The molecule has 0 radical (unpaired) electrons. The van der Waals surface area contributed by atoms with Crippen molar-refractivity contribution in [1.82, 2.24) is 4.90 Å². The number of carbonyl (C=O) groups excluding carboxylic acids is 2. The van der Waals surface area contributed by atoms with Gasteiger partial charge in [0, 0.05) is 17.8 Å². The molecule has 0 spiro atoms. The van der Waals surface area contributed by atoms with Crippen molar-refractivity contribution >= 4 is 23.3 Å². The van der Waals surface area contributed by atoms with Crippen LogP contribution in [-0.2, 0) is 4.79 Å². The monoisotopic (exact) mass is 383 g/mol. The lowest BCUT2D eigenvalue weighted by atomic mass is 10.0. The van der Waals surface area contributed by atoms with Crippen LogP contribution in [-0.4, -0.2) is 29.5 Å². The van der Waals surface area contributed by atoms with Crippen molar-refractivity contribution in [3.63, 3.8) is 0 Å². The lowest BCUT2D eigenvalue weighted by Crippen LogP contribution is -2.36. The van der Waals surface area contributed by atoms with Crippen LogP contribution in [0.1, 0.15) is 31.9 Å². The highest BCUT2D eigenvalue weighted by atomic mass is 19.1. The van der Waals surface area contributed by atoms with E-state index in [0.717, 1.165) is 0 Å². The first kappa shape index (κ1) is 18.3. The van der Waals surface area contributed by atoms with Gasteiger partial charge in [-0.05, 0) is 43.5 Å². The van der Waals surface area contributed by atoms with Crippen LogP contribution in [0, 0.1) is 11.7 Å². The maximum Gasteiger partial charge on any atom is 0.322 e. The third-order valence-electron chi connectivity index (χ3n) is 5.20. The Bertz CT molecular complexity index is 933. The number of fused-ring (bicyclic) bond motifs is 1. The summed E-state index contributed by atoms with van der Waals surface area (Å²) in [6.07, 6.45) is 0.154. The number of hydrogen-bond donors (Lipinski definition) is 2. The van der Waals surface area contributed by atoms with E-state index in [0.29, 0.717) is 35.7 Å². The molecule has 1 fully saturated rings. The van der Waals surface area contributed by atoms with Crippen LogP contribution >= 0.6 is 0 Å². The van der Waals surface area contributed by atoms with E-state index in [4.69, 9.17) is 4.74 Å². The summed E-state index contributed by atoms with van der Waals surface area (Å²) < 4.78 is 19.8. The summed E-state index contributed by atoms with van der Waals surface area (Å²) in [5.74, 6) is 0.295. The molecule has 3 amide bonds. The zero-order valence-corrected chi connectivity index (χ0v) is 15.7. The fraction of sp³-hybridized carbons (Fsp3) is 0.333. The van der Waals surface area contributed by atoms with E-state index in [-0.39, 0.29) is 29.7 Å². The molecule has 2 aromatic carbocycles. The van der Waals surface area contributed by atoms with Crippen molar-refractivity contribution in [2.45, 2.75) is 32.4 Å². The van der Waals surface area contributed by atoms with E-state index in [1.807, 2.05) is 6.92 Å². The molecular formula is C21H22FN3O3. The van der Waals surface area contributed by atoms with E-state index in [2.05, 4.69) is 10.6 Å². The van der Waals surface area contributed by atoms with Gasteiger partial charge in [-0.3, -0.25) is 4.79 Å². The highest BCUT2D eigenvalue weighted by Gasteiger charge is 2.35. The number of carbonyl (C=O) groups is 2. The largest absolute Gasteiger partial charge is 0.479 e. The summed E-state index contributed by atoms with van der Waals surface area (Å²) in [5, 5.41) is 5.62. The van der Waals surface area contributed by atoms with Crippen molar-refractivity contribution in [3.8, 4) is 5.75 Å². The van der Waals surface area contributed by atoms with Gasteiger partial charge in [0.25, 0.3) is 5.91 Å². The number of hydrogen-bond acceptors (Lipinski definition) is 3. The van der Waals surface area contributed by atoms with E-state index < -0.39 is 6.10 Å². The van der Waals surface area contributed by atoms with E-state index in [9.17, 15) is 14.0 Å². The third-order valence-corrected chi connectivity index (χ3v) is 5.20. The normalized spacial score (nSPS) is 23.6. The number of amides is 3. The molecule has 146 valence electrons. The number of benzene rings is 2. The number of nitrogens with zero attached hydrogens (tertiary/aromatic N) is 1. The van der Waals surface area contributed by atoms with Gasteiger partial charge in [0.15, 0.2) is 6.10 Å². The lowest BCUT2D eigenvalue weighted by Gasteiger charge is -2.27. The molecule has 7 heteroatoms. The van der Waals surface area contributed by atoms with Gasteiger partial charge in [0.2, 0.25) is 0 Å². The minimum Gasteiger partial charge on any atom is -0.479 e. The van der Waals surface area contributed by atoms with Crippen LogP contribution in [0.5, 0.6) is 5.75 Å². The van der Waals surface area contributed by atoms with Crippen LogP contribution in [0.25, 0.3) is 0 Å². The van der Waals surface area contributed by atoms with Crippen LogP contribution in [0.15, 0.2) is 42.5 Å². The van der Waals surface area contributed by atoms with Crippen LogP contribution in [0.4, 0.5) is 20.6 Å². The second-order valence-electron chi connectivity index (χ2n) is 7.42. The summed E-state index contributed by atoms with van der Waals surface area (Å²) in [6, 6.07) is 11.1. The van der Waals surface area contributed by atoms with E-state index in [1.165, 1.54) is 6.07 Å². The van der Waals surface area contributed by atoms with Gasteiger partial charge in [-0.2, -0.15) is 0 Å². The Kier molecular flexibility index (Phi) is 4.66. The number of urea groups is 1. The van der Waals surface area contributed by atoms with Crippen molar-refractivity contribution < 1.29 is 18.7 Å². The number of halogens is 1. The molecule has 2 N–H and O–H groups in total. The first-order chi connectivity index (χ1) is 13.4. The quantitative estimate of drug-likeness (QED) is 0.818. The molecule has 1 saturated heterocycles. The standard InChI is InChI=1S/C21H22FN3O3/c1-12-9-18(15-5-3-4-6-16(15)22)25(11-12)21(27)23-14-7-8-19-17(10-14)24-20(26)13(2)28-19/h3-8,10,12-13,18H,9,11H2,1-2H3,(H,23,27)(H,24,26)/t12-,13+,18-/m1/s1. The average Bonchev–Trinajstić information content (AvgIpc) is 3.05. The highest BCUT2D eigenvalue weighted by molar-refractivity contribution is 5.99. The maximum atomic E-state index is 14.3. The molecule has 0 aromatic heterocycles. The van der Waals surface area contributed by atoms with Crippen LogP contribution in [0.2, 0.25) is 0 Å². The summed E-state index contributed by atoms with van der Waals surface area (Å²) in [6.45, 7) is 4.27. The SMILES string of the molecule is C[C@@H]1C[C@H](c2ccccc2F)N(C(=O)Nc2ccc3c(c2)NC(=O)[C@H](C)O3)C1. The molecule has 2 aliphatic heterocycles. The maximum absolute atomic E-state index is 14.3. The lowest BCUT2D eigenvalue weighted by molar-refractivity contribution is -0.122. The molecule has 2 heterocycles. The zero-order valence-electron chi connectivity index (χ0n) is 15.7. The molecular weight excluding hydrogens is 361 g/mol. The smallest absolute Gasteiger partial charge is 0.322 e. The van der Waals surface area contributed by atoms with Gasteiger partial charge in [-0.1, -0.05) is 25.1 Å². The fourth-order valence-corrected chi connectivity index (χ4v) is 3.79. The number of likely N-dealkylation sites (tertiary alicyclic amines) is 1. The van der Waals surface area contributed by atoms with Gasteiger partial charge in [-0.25, -0.2) is 9.18 Å². The highest BCUT2D eigenvalue weighted by Crippen LogP contribution is 2.37. The van der Waals surface area contributed by atoms with Gasteiger partial charge >= 0.3 is 6.03 Å². The van der Waals surface area contributed by atoms with Crippen molar-refractivity contribution in [3.05, 3.63) is 53.8 Å². The summed E-state index contributed by atoms with van der Waals surface area (Å²) >= 11 is 0. The Labute approximate surface area is 162 Å². The first-order valence-electron chi connectivity index (χ1n) is 9.36. The van der Waals surface area contributed by atoms with Crippen molar-refractivity contribution in [2.24, 2.45) is 5.92 Å². The fourth-order valence-electron chi connectivity index (χ4n) is 3.79. The molecule has 0 saturated carbocycles. The van der Waals surface area contributed by atoms with E-state index in [1.54, 1.807) is 48.2 Å². The topological polar surface area (TPSA) is 70.7 Å². The second-order valence-corrected chi connectivity index (χ2v) is 7.42. The number of ether oxygens (including phenoxy) is 1. The molecule has 4 rings (SSSR count). The molecule has 3 atom stereocenters. The molecule has 2 aliphatic rings. The van der Waals surface area contributed by atoms with Gasteiger partial charge in [0.1, 0.15) is 11.6 Å². The number of anilines is 2. The summed E-state index contributed by atoms with van der Waals surface area (Å²) in [7, 11) is 0. The van der Waals surface area contributed by atoms with Crippen molar-refractivity contribution in [1.29, 1.82) is 0 Å². The Morgan fingerprint density at radius 3 is 2.82 bits per heavy atom. The minimum absolute atomic E-state index is 0.232. The second kappa shape index (κ2) is 7.14.